The highest BCUT2D eigenvalue weighted by Gasteiger charge is 2.09. The molecule has 18 heavy (non-hydrogen) atoms. The lowest BCUT2D eigenvalue weighted by molar-refractivity contribution is 0.779. The van der Waals surface area contributed by atoms with Gasteiger partial charge in [0, 0.05) is 28.6 Å². The van der Waals surface area contributed by atoms with Crippen molar-refractivity contribution < 1.29 is 0 Å². The molecule has 0 saturated carbocycles. The first-order valence-corrected chi connectivity index (χ1v) is 7.11. The number of nitrogens with two attached hydrogens (primary N) is 1. The normalized spacial score (nSPS) is 12.4. The quantitative estimate of drug-likeness (QED) is 0.858. The Morgan fingerprint density at radius 2 is 2.06 bits per heavy atom. The first-order chi connectivity index (χ1) is 8.68. The molecule has 0 spiro atoms. The third kappa shape index (κ3) is 3.25. The Kier molecular flexibility index (Phi) is 4.64. The number of pyridine rings is 1. The molecule has 0 aliphatic rings. The van der Waals surface area contributed by atoms with Gasteiger partial charge in [-0.05, 0) is 24.6 Å². The van der Waals surface area contributed by atoms with Gasteiger partial charge in [0.25, 0.3) is 0 Å². The molecule has 0 radical (unpaired) electrons. The van der Waals surface area contributed by atoms with Crippen molar-refractivity contribution in [2.75, 3.05) is 0 Å². The zero-order valence-electron chi connectivity index (χ0n) is 10.1. The van der Waals surface area contributed by atoms with Gasteiger partial charge in [-0.15, -0.1) is 11.8 Å². The molecule has 2 rings (SSSR count). The molecule has 2 N–H and O–H groups in total. The number of thioether (sulfide) groups is 1. The summed E-state index contributed by atoms with van der Waals surface area (Å²) in [6.07, 6.45) is 1.79. The number of hydrogen-bond acceptors (Lipinski definition) is 3. The smallest absolute Gasteiger partial charge is 0.101 e. The highest BCUT2D eigenvalue weighted by Crippen LogP contribution is 2.29. The average molecular weight is 279 g/mol. The zero-order chi connectivity index (χ0) is 13.0. The largest absolute Gasteiger partial charge is 0.324 e. The van der Waals surface area contributed by atoms with E-state index in [2.05, 4.69) is 4.98 Å². The molecule has 0 aliphatic heterocycles. The van der Waals surface area contributed by atoms with E-state index in [0.29, 0.717) is 0 Å². The number of hydrogen-bond donors (Lipinski definition) is 1. The van der Waals surface area contributed by atoms with Crippen LogP contribution in [0.5, 0.6) is 0 Å². The summed E-state index contributed by atoms with van der Waals surface area (Å²) in [6, 6.07) is 11.8. The Labute approximate surface area is 117 Å². The Morgan fingerprint density at radius 1 is 1.28 bits per heavy atom. The topological polar surface area (TPSA) is 38.9 Å². The van der Waals surface area contributed by atoms with Crippen LogP contribution in [0.2, 0.25) is 5.02 Å². The molecule has 0 amide bonds. The van der Waals surface area contributed by atoms with Gasteiger partial charge >= 0.3 is 0 Å². The second-order valence-corrected chi connectivity index (χ2v) is 5.44. The molecule has 2 aromatic rings. The van der Waals surface area contributed by atoms with Gasteiger partial charge in [-0.25, -0.2) is 4.98 Å². The molecular formula is C14H15ClN2S. The maximum atomic E-state index is 6.13. The van der Waals surface area contributed by atoms with Gasteiger partial charge in [0.15, 0.2) is 0 Å². The predicted molar refractivity (Wildman–Crippen MR) is 77.9 cm³/mol. The van der Waals surface area contributed by atoms with Crippen molar-refractivity contribution in [2.45, 2.75) is 23.7 Å². The molecule has 0 saturated heterocycles. The Hall–Kier alpha value is -1.03. The van der Waals surface area contributed by atoms with E-state index in [4.69, 9.17) is 17.3 Å². The summed E-state index contributed by atoms with van der Waals surface area (Å²) in [6.45, 7) is 1.97. The molecule has 1 aromatic carbocycles. The predicted octanol–water partition coefficient (Wildman–Crippen LogP) is 4.05. The second kappa shape index (κ2) is 6.23. The zero-order valence-corrected chi connectivity index (χ0v) is 11.7. The van der Waals surface area contributed by atoms with Crippen molar-refractivity contribution in [3.63, 3.8) is 0 Å². The maximum Gasteiger partial charge on any atom is 0.101 e. The van der Waals surface area contributed by atoms with Crippen LogP contribution in [-0.2, 0) is 5.75 Å². The van der Waals surface area contributed by atoms with Crippen LogP contribution in [-0.4, -0.2) is 4.98 Å². The summed E-state index contributed by atoms with van der Waals surface area (Å²) in [4.78, 5) is 4.38. The summed E-state index contributed by atoms with van der Waals surface area (Å²) in [5.74, 6) is 0.802. The van der Waals surface area contributed by atoms with Crippen LogP contribution < -0.4 is 5.73 Å². The van der Waals surface area contributed by atoms with Gasteiger partial charge in [-0.3, -0.25) is 0 Å². The van der Waals surface area contributed by atoms with Gasteiger partial charge in [-0.1, -0.05) is 35.9 Å². The number of halogens is 1. The fourth-order valence-electron chi connectivity index (χ4n) is 1.63. The minimum absolute atomic E-state index is 0.00700. The van der Waals surface area contributed by atoms with E-state index in [1.807, 2.05) is 43.3 Å². The fraction of sp³-hybridized carbons (Fsp3) is 0.214. The first kappa shape index (κ1) is 13.4. The molecule has 0 aliphatic carbocycles. The van der Waals surface area contributed by atoms with Crippen molar-refractivity contribution in [1.82, 2.24) is 4.98 Å². The summed E-state index contributed by atoms with van der Waals surface area (Å²) >= 11 is 7.80. The molecule has 1 aromatic heterocycles. The van der Waals surface area contributed by atoms with Crippen LogP contribution in [0.25, 0.3) is 0 Å². The fourth-order valence-corrected chi connectivity index (χ4v) is 3.01. The van der Waals surface area contributed by atoms with Gasteiger partial charge in [-0.2, -0.15) is 0 Å². The van der Waals surface area contributed by atoms with E-state index in [0.717, 1.165) is 26.9 Å². The number of nitrogens with zero attached hydrogens (tertiary/aromatic N) is 1. The first-order valence-electron chi connectivity index (χ1n) is 5.75. The van der Waals surface area contributed by atoms with Crippen molar-refractivity contribution in [3.05, 3.63) is 58.7 Å². The van der Waals surface area contributed by atoms with Crippen molar-refractivity contribution in [3.8, 4) is 0 Å². The van der Waals surface area contributed by atoms with E-state index >= 15 is 0 Å². The van der Waals surface area contributed by atoms with Gasteiger partial charge < -0.3 is 5.73 Å². The van der Waals surface area contributed by atoms with Gasteiger partial charge in [0.2, 0.25) is 0 Å². The molecule has 4 heteroatoms. The summed E-state index contributed by atoms with van der Waals surface area (Å²) in [7, 11) is 0. The summed E-state index contributed by atoms with van der Waals surface area (Å²) in [5.41, 5.74) is 8.13. The molecule has 2 nitrogen and oxygen atoms in total. The Balaban J connectivity index is 2.14. The van der Waals surface area contributed by atoms with Gasteiger partial charge in [0.05, 0.1) is 0 Å². The molecular weight excluding hydrogens is 264 g/mol. The monoisotopic (exact) mass is 278 g/mol. The molecule has 0 fully saturated rings. The van der Waals surface area contributed by atoms with Crippen LogP contribution in [0.1, 0.15) is 24.1 Å². The molecule has 0 unspecified atom stereocenters. The van der Waals surface area contributed by atoms with Crippen LogP contribution in [0.4, 0.5) is 0 Å². The lowest BCUT2D eigenvalue weighted by Crippen LogP contribution is -2.07. The third-order valence-electron chi connectivity index (χ3n) is 2.61. The lowest BCUT2D eigenvalue weighted by Gasteiger charge is -2.11. The highest BCUT2D eigenvalue weighted by atomic mass is 35.5. The van der Waals surface area contributed by atoms with E-state index in [9.17, 15) is 0 Å². The van der Waals surface area contributed by atoms with Crippen molar-refractivity contribution in [1.29, 1.82) is 0 Å². The van der Waals surface area contributed by atoms with Crippen LogP contribution in [0, 0.1) is 0 Å². The maximum absolute atomic E-state index is 6.13. The minimum Gasteiger partial charge on any atom is -0.324 e. The molecule has 1 atom stereocenters. The SMILES string of the molecule is C[C@@H](N)c1cccnc1SCc1ccccc1Cl. The van der Waals surface area contributed by atoms with Crippen molar-refractivity contribution >= 4 is 23.4 Å². The van der Waals surface area contributed by atoms with E-state index in [1.54, 1.807) is 18.0 Å². The summed E-state index contributed by atoms with van der Waals surface area (Å²) in [5, 5.41) is 1.77. The molecule has 94 valence electrons. The minimum atomic E-state index is -0.00700. The van der Waals surface area contributed by atoms with E-state index in [-0.39, 0.29) is 6.04 Å². The molecule has 0 bridgehead atoms. The van der Waals surface area contributed by atoms with Crippen molar-refractivity contribution in [2.24, 2.45) is 5.73 Å². The average Bonchev–Trinajstić information content (AvgIpc) is 2.38. The van der Waals surface area contributed by atoms with E-state index in [1.165, 1.54) is 0 Å². The standard InChI is InChI=1S/C14H15ClN2S/c1-10(16)12-6-4-8-17-14(12)18-9-11-5-2-3-7-13(11)15/h2-8,10H,9,16H2,1H3/t10-/m1/s1. The lowest BCUT2D eigenvalue weighted by atomic mass is 10.2. The number of rotatable bonds is 4. The third-order valence-corrected chi connectivity index (χ3v) is 4.05. The second-order valence-electron chi connectivity index (χ2n) is 4.07. The Bertz CT molecular complexity index is 529. The number of benzene rings is 1. The van der Waals surface area contributed by atoms with Crippen LogP contribution in [0.3, 0.4) is 0 Å². The molecule has 1 heterocycles. The van der Waals surface area contributed by atoms with Crippen LogP contribution in [0.15, 0.2) is 47.6 Å². The van der Waals surface area contributed by atoms with Gasteiger partial charge in [0.1, 0.15) is 5.03 Å². The van der Waals surface area contributed by atoms with Crippen LogP contribution >= 0.6 is 23.4 Å². The number of aromatic nitrogens is 1. The Morgan fingerprint density at radius 3 is 2.78 bits per heavy atom. The highest BCUT2D eigenvalue weighted by molar-refractivity contribution is 7.98. The summed E-state index contributed by atoms with van der Waals surface area (Å²) < 4.78 is 0. The van der Waals surface area contributed by atoms with E-state index < -0.39 is 0 Å².